The summed E-state index contributed by atoms with van der Waals surface area (Å²) in [5.41, 5.74) is 1.70. The quantitative estimate of drug-likeness (QED) is 0.286. The van der Waals surface area contributed by atoms with E-state index in [-0.39, 0.29) is 5.41 Å². The highest BCUT2D eigenvalue weighted by atomic mass is 79.9. The van der Waals surface area contributed by atoms with E-state index in [1.165, 1.54) is 24.8 Å². The Hall–Kier alpha value is 0.01000. The highest BCUT2D eigenvalue weighted by Gasteiger charge is 2.54. The molecule has 0 heterocycles. The van der Waals surface area contributed by atoms with E-state index < -0.39 is 5.60 Å². The van der Waals surface area contributed by atoms with Gasteiger partial charge in [0.1, 0.15) is 0 Å². The van der Waals surface area contributed by atoms with E-state index in [0.29, 0.717) is 5.92 Å². The van der Waals surface area contributed by atoms with Gasteiger partial charge in [-0.2, -0.15) is 12.6 Å². The van der Waals surface area contributed by atoms with E-state index in [1.807, 2.05) is 13.8 Å². The van der Waals surface area contributed by atoms with Crippen molar-refractivity contribution in [1.82, 2.24) is 0 Å². The first-order valence-corrected chi connectivity index (χ1v) is 12.8. The minimum Gasteiger partial charge on any atom is -0.384 e. The van der Waals surface area contributed by atoms with Crippen LogP contribution in [0.5, 0.6) is 0 Å². The van der Waals surface area contributed by atoms with E-state index in [0.717, 1.165) is 47.9 Å². The van der Waals surface area contributed by atoms with Gasteiger partial charge in [-0.3, -0.25) is 0 Å². The van der Waals surface area contributed by atoms with Crippen LogP contribution in [0, 0.1) is 11.3 Å². The Balaban J connectivity index is 0.000000780. The minimum atomic E-state index is -0.685. The molecule has 1 aromatic carbocycles. The molecule has 1 unspecified atom stereocenters. The predicted molar refractivity (Wildman–Crippen MR) is 134 cm³/mol. The number of fused-ring (bicyclic) bond motifs is 1. The lowest BCUT2D eigenvalue weighted by molar-refractivity contribution is -0.113. The maximum atomic E-state index is 11.7. The molecule has 0 aliphatic heterocycles. The fourth-order valence-corrected chi connectivity index (χ4v) is 5.08. The molecule has 164 valence electrons. The van der Waals surface area contributed by atoms with Crippen LogP contribution in [0.15, 0.2) is 22.7 Å². The molecule has 0 bridgehead atoms. The molecule has 1 atom stereocenters. The molecule has 3 heteroatoms. The zero-order chi connectivity index (χ0) is 21.8. The summed E-state index contributed by atoms with van der Waals surface area (Å²) in [6.45, 7) is 15.1. The molecule has 0 fully saturated rings. The van der Waals surface area contributed by atoms with Gasteiger partial charge in [-0.05, 0) is 60.6 Å². The van der Waals surface area contributed by atoms with E-state index >= 15 is 0 Å². The second-order valence-electron chi connectivity index (χ2n) is 8.33. The molecule has 28 heavy (non-hydrogen) atoms. The van der Waals surface area contributed by atoms with Gasteiger partial charge in [0.2, 0.25) is 0 Å². The molecular weight excluding hydrogens is 428 g/mol. The van der Waals surface area contributed by atoms with E-state index in [9.17, 15) is 5.11 Å². The SMILES string of the molecule is CC.CCCC(CCC)C1(O)c2ccc(Br)cc2CC1(C)C.CCCCCS. The van der Waals surface area contributed by atoms with Crippen LogP contribution in [0.25, 0.3) is 0 Å². The van der Waals surface area contributed by atoms with E-state index in [4.69, 9.17) is 0 Å². The van der Waals surface area contributed by atoms with Crippen LogP contribution in [-0.4, -0.2) is 10.9 Å². The summed E-state index contributed by atoms with van der Waals surface area (Å²) >= 11 is 7.61. The van der Waals surface area contributed by atoms with Crippen molar-refractivity contribution >= 4 is 28.6 Å². The fourth-order valence-electron chi connectivity index (χ4n) is 4.45. The number of rotatable bonds is 8. The summed E-state index contributed by atoms with van der Waals surface area (Å²) in [6, 6.07) is 6.39. The number of hydrogen-bond donors (Lipinski definition) is 2. The molecule has 0 saturated heterocycles. The number of hydrogen-bond acceptors (Lipinski definition) is 2. The van der Waals surface area contributed by atoms with Gasteiger partial charge >= 0.3 is 0 Å². The zero-order valence-electron chi connectivity index (χ0n) is 19.4. The lowest BCUT2D eigenvalue weighted by Crippen LogP contribution is -2.45. The number of aliphatic hydroxyl groups is 1. The van der Waals surface area contributed by atoms with Gasteiger partial charge < -0.3 is 5.11 Å². The molecule has 0 aromatic heterocycles. The molecule has 1 N–H and O–H groups in total. The van der Waals surface area contributed by atoms with Crippen molar-refractivity contribution in [3.8, 4) is 0 Å². The third-order valence-corrected chi connectivity index (χ3v) is 6.58. The number of thiol groups is 1. The lowest BCUT2D eigenvalue weighted by atomic mass is 9.65. The van der Waals surface area contributed by atoms with Gasteiger partial charge in [-0.15, -0.1) is 0 Å². The Morgan fingerprint density at radius 2 is 1.61 bits per heavy atom. The van der Waals surface area contributed by atoms with Gasteiger partial charge in [-0.25, -0.2) is 0 Å². The molecule has 2 rings (SSSR count). The first-order valence-electron chi connectivity index (χ1n) is 11.4. The second kappa shape index (κ2) is 14.1. The minimum absolute atomic E-state index is 0.0921. The lowest BCUT2D eigenvalue weighted by Gasteiger charge is -2.44. The molecule has 0 spiro atoms. The van der Waals surface area contributed by atoms with Crippen LogP contribution in [0.3, 0.4) is 0 Å². The van der Waals surface area contributed by atoms with Crippen LogP contribution in [-0.2, 0) is 12.0 Å². The molecular formula is C25H45BrOS. The van der Waals surface area contributed by atoms with E-state index in [2.05, 4.69) is 81.4 Å². The highest BCUT2D eigenvalue weighted by molar-refractivity contribution is 9.10. The van der Waals surface area contributed by atoms with Crippen LogP contribution >= 0.6 is 28.6 Å². The van der Waals surface area contributed by atoms with Crippen molar-refractivity contribution in [2.75, 3.05) is 5.75 Å². The molecule has 0 amide bonds. The Kier molecular flexibility index (Phi) is 14.1. The van der Waals surface area contributed by atoms with Crippen molar-refractivity contribution in [3.05, 3.63) is 33.8 Å². The topological polar surface area (TPSA) is 20.2 Å². The molecule has 1 nitrogen and oxygen atoms in total. The molecule has 0 saturated carbocycles. The summed E-state index contributed by atoms with van der Waals surface area (Å²) in [6.07, 6.45) is 9.35. The predicted octanol–water partition coefficient (Wildman–Crippen LogP) is 8.57. The first kappa shape index (κ1) is 28.0. The first-order chi connectivity index (χ1) is 13.3. The van der Waals surface area contributed by atoms with Crippen molar-refractivity contribution in [2.24, 2.45) is 11.3 Å². The third kappa shape index (κ3) is 7.06. The van der Waals surface area contributed by atoms with Crippen LogP contribution in [0.1, 0.15) is 105 Å². The van der Waals surface area contributed by atoms with Gasteiger partial charge in [-0.1, -0.05) is 96.1 Å². The van der Waals surface area contributed by atoms with Gasteiger partial charge in [0, 0.05) is 9.89 Å². The second-order valence-corrected chi connectivity index (χ2v) is 9.70. The van der Waals surface area contributed by atoms with Gasteiger partial charge in [0.05, 0.1) is 5.60 Å². The smallest absolute Gasteiger partial charge is 0.0980 e. The zero-order valence-corrected chi connectivity index (χ0v) is 21.9. The Morgan fingerprint density at radius 3 is 2.04 bits per heavy atom. The van der Waals surface area contributed by atoms with Crippen LogP contribution < -0.4 is 0 Å². The molecule has 0 radical (unpaired) electrons. The van der Waals surface area contributed by atoms with Crippen molar-refractivity contribution in [2.45, 2.75) is 105 Å². The van der Waals surface area contributed by atoms with Gasteiger partial charge in [0.25, 0.3) is 0 Å². The standard InChI is InChI=1S/C18H27BrO.C5H12S.C2H6/c1-5-7-14(8-6-2)18(20)16-10-9-15(19)11-13(16)12-17(18,3)4;1-2-3-4-5-6;1-2/h9-11,14,20H,5-8,12H2,1-4H3;6H,2-5H2,1H3;1-2H3. The molecule has 1 aliphatic rings. The summed E-state index contributed by atoms with van der Waals surface area (Å²) in [4.78, 5) is 0. The molecule has 1 aliphatic carbocycles. The van der Waals surface area contributed by atoms with E-state index in [1.54, 1.807) is 0 Å². The van der Waals surface area contributed by atoms with Crippen LogP contribution in [0.2, 0.25) is 0 Å². The normalized spacial score (nSPS) is 19.4. The summed E-state index contributed by atoms with van der Waals surface area (Å²) < 4.78 is 1.11. The number of benzene rings is 1. The van der Waals surface area contributed by atoms with Crippen molar-refractivity contribution in [3.63, 3.8) is 0 Å². The average Bonchev–Trinajstić information content (AvgIpc) is 2.87. The number of unbranched alkanes of at least 4 members (excludes halogenated alkanes) is 2. The Bertz CT molecular complexity index is 533. The van der Waals surface area contributed by atoms with Crippen molar-refractivity contribution in [1.29, 1.82) is 0 Å². The average molecular weight is 474 g/mol. The third-order valence-electron chi connectivity index (χ3n) is 5.77. The Morgan fingerprint density at radius 1 is 1.04 bits per heavy atom. The monoisotopic (exact) mass is 472 g/mol. The highest BCUT2D eigenvalue weighted by Crippen LogP contribution is 2.56. The summed E-state index contributed by atoms with van der Waals surface area (Å²) in [5.74, 6) is 1.41. The Labute approximate surface area is 189 Å². The van der Waals surface area contributed by atoms with Crippen molar-refractivity contribution < 1.29 is 5.11 Å². The largest absolute Gasteiger partial charge is 0.384 e. The maximum Gasteiger partial charge on any atom is 0.0980 e. The number of halogens is 1. The summed E-state index contributed by atoms with van der Waals surface area (Å²) in [7, 11) is 0. The maximum absolute atomic E-state index is 11.7. The molecule has 1 aromatic rings. The fraction of sp³-hybridized carbons (Fsp3) is 0.760. The summed E-state index contributed by atoms with van der Waals surface area (Å²) in [5, 5.41) is 11.7. The van der Waals surface area contributed by atoms with Crippen LogP contribution in [0.4, 0.5) is 0 Å². The van der Waals surface area contributed by atoms with Gasteiger partial charge in [0.15, 0.2) is 0 Å².